The molecule has 0 aromatic heterocycles. The Labute approximate surface area is 196 Å². The Morgan fingerprint density at radius 3 is 1.83 bits per heavy atom. The predicted molar refractivity (Wildman–Crippen MR) is 128 cm³/mol. The van der Waals surface area contributed by atoms with Gasteiger partial charge < -0.3 is 10.6 Å². The van der Waals surface area contributed by atoms with Crippen LogP contribution in [0.25, 0.3) is 0 Å². The first-order chi connectivity index (χ1) is 13.8. The second kappa shape index (κ2) is 15.5. The highest BCUT2D eigenvalue weighted by atomic mass is 35.6. The van der Waals surface area contributed by atoms with Gasteiger partial charge in [-0.05, 0) is 30.7 Å². The van der Waals surface area contributed by atoms with Crippen LogP contribution < -0.4 is 10.6 Å². The van der Waals surface area contributed by atoms with E-state index in [1.165, 1.54) is 57.8 Å². The summed E-state index contributed by atoms with van der Waals surface area (Å²) in [7, 11) is 0. The predicted octanol–water partition coefficient (Wildman–Crippen LogP) is 8.27. The first-order valence-electron chi connectivity index (χ1n) is 10.7. The number of hydrogen-bond donors (Lipinski definition) is 2. The molecule has 2 N–H and O–H groups in total. The third-order valence-electron chi connectivity index (χ3n) is 4.80. The summed E-state index contributed by atoms with van der Waals surface area (Å²) in [6, 6.07) is 6.99. The lowest BCUT2D eigenvalue weighted by Crippen LogP contribution is -2.49. The van der Waals surface area contributed by atoms with Gasteiger partial charge in [-0.1, -0.05) is 118 Å². The van der Waals surface area contributed by atoms with Gasteiger partial charge >= 0.3 is 0 Å². The van der Waals surface area contributed by atoms with Crippen LogP contribution in [0.4, 0.5) is 5.69 Å². The van der Waals surface area contributed by atoms with Crippen molar-refractivity contribution in [2.75, 3.05) is 5.32 Å². The molecule has 1 atom stereocenters. The zero-order valence-electron chi connectivity index (χ0n) is 17.3. The average Bonchev–Trinajstić information content (AvgIpc) is 2.66. The number of halogens is 4. The van der Waals surface area contributed by atoms with Crippen molar-refractivity contribution in [2.45, 2.75) is 93.9 Å². The summed E-state index contributed by atoms with van der Waals surface area (Å²) in [4.78, 5) is 12.3. The average molecular weight is 484 g/mol. The third kappa shape index (κ3) is 13.5. The van der Waals surface area contributed by atoms with Crippen LogP contribution >= 0.6 is 46.4 Å². The van der Waals surface area contributed by atoms with Crippen molar-refractivity contribution in [2.24, 2.45) is 0 Å². The lowest BCUT2D eigenvalue weighted by atomic mass is 10.1. The fraction of sp³-hybridized carbons (Fsp3) is 0.682. The smallest absolute Gasteiger partial charge is 0.228 e. The molecule has 1 aromatic carbocycles. The van der Waals surface area contributed by atoms with Crippen molar-refractivity contribution >= 4 is 58.0 Å². The van der Waals surface area contributed by atoms with E-state index in [1.807, 2.05) is 0 Å². The van der Waals surface area contributed by atoms with Crippen LogP contribution in [0, 0.1) is 0 Å². The minimum Gasteiger partial charge on any atom is -0.362 e. The van der Waals surface area contributed by atoms with Crippen molar-refractivity contribution in [3.63, 3.8) is 0 Å². The van der Waals surface area contributed by atoms with Gasteiger partial charge in [0.15, 0.2) is 0 Å². The van der Waals surface area contributed by atoms with Gasteiger partial charge in [0, 0.05) is 17.1 Å². The number of rotatable bonds is 15. The monoisotopic (exact) mass is 482 g/mol. The first kappa shape index (κ1) is 26.7. The summed E-state index contributed by atoms with van der Waals surface area (Å²) in [6.07, 6.45) is 13.3. The number of amides is 1. The molecule has 3 nitrogen and oxygen atoms in total. The summed E-state index contributed by atoms with van der Waals surface area (Å²) in [5, 5.41) is 6.42. The lowest BCUT2D eigenvalue weighted by molar-refractivity contribution is -0.121. The molecule has 29 heavy (non-hydrogen) atoms. The fourth-order valence-corrected chi connectivity index (χ4v) is 3.55. The number of alkyl halides is 3. The second-order valence-electron chi connectivity index (χ2n) is 7.48. The van der Waals surface area contributed by atoms with E-state index in [2.05, 4.69) is 17.6 Å². The maximum absolute atomic E-state index is 12.3. The Bertz CT molecular complexity index is 561. The molecule has 0 fully saturated rings. The number of carbonyl (C=O) groups excluding carboxylic acids is 1. The SMILES string of the molecule is CCCCCCCCCCCCCC(=O)N[C@H](Nc1ccc(Cl)cc1)C(Cl)(Cl)Cl. The molecule has 1 rings (SSSR count). The minimum atomic E-state index is -1.67. The van der Waals surface area contributed by atoms with Crippen molar-refractivity contribution in [3.8, 4) is 0 Å². The highest BCUT2D eigenvalue weighted by Gasteiger charge is 2.33. The summed E-state index contributed by atoms with van der Waals surface area (Å²) in [5.41, 5.74) is 0.709. The van der Waals surface area contributed by atoms with Gasteiger partial charge in [0.1, 0.15) is 6.17 Å². The Kier molecular flexibility index (Phi) is 14.2. The number of carbonyl (C=O) groups is 1. The molecule has 1 amide bonds. The molecule has 0 saturated carbocycles. The number of unbranched alkanes of at least 4 members (excludes halogenated alkanes) is 10. The van der Waals surface area contributed by atoms with Gasteiger partial charge in [0.05, 0.1) is 0 Å². The first-order valence-corrected chi connectivity index (χ1v) is 12.2. The summed E-state index contributed by atoms with van der Waals surface area (Å²) >= 11 is 24.0. The van der Waals surface area contributed by atoms with Gasteiger partial charge in [0.2, 0.25) is 9.70 Å². The zero-order valence-corrected chi connectivity index (χ0v) is 20.3. The summed E-state index contributed by atoms with van der Waals surface area (Å²) in [6.45, 7) is 2.24. The fourth-order valence-electron chi connectivity index (χ4n) is 3.10. The molecule has 0 saturated heterocycles. The van der Waals surface area contributed by atoms with Crippen LogP contribution in [0.3, 0.4) is 0 Å². The molecule has 0 aliphatic rings. The van der Waals surface area contributed by atoms with Crippen LogP contribution in [0.2, 0.25) is 5.02 Å². The number of anilines is 1. The standard InChI is InChI=1S/C22H34Cl4N2O/c1-2-3-4-5-6-7-8-9-10-11-12-13-20(29)28-21(22(24,25)26)27-19-16-14-18(23)15-17-19/h14-17,21,27H,2-13H2,1H3,(H,28,29)/t21-/m0/s1. The van der Waals surface area contributed by atoms with Gasteiger partial charge in [0.25, 0.3) is 0 Å². The quantitative estimate of drug-likeness (QED) is 0.150. The van der Waals surface area contributed by atoms with Gasteiger partial charge in [-0.15, -0.1) is 0 Å². The minimum absolute atomic E-state index is 0.126. The Balaban J connectivity index is 2.19. The maximum Gasteiger partial charge on any atom is 0.228 e. The van der Waals surface area contributed by atoms with E-state index < -0.39 is 9.96 Å². The highest BCUT2D eigenvalue weighted by Crippen LogP contribution is 2.31. The Morgan fingerprint density at radius 2 is 1.34 bits per heavy atom. The van der Waals surface area contributed by atoms with Gasteiger partial charge in [-0.3, -0.25) is 4.79 Å². The van der Waals surface area contributed by atoms with Crippen molar-refractivity contribution in [3.05, 3.63) is 29.3 Å². The van der Waals surface area contributed by atoms with Crippen LogP contribution in [-0.4, -0.2) is 15.9 Å². The molecule has 0 unspecified atom stereocenters. The molecule has 0 heterocycles. The summed E-state index contributed by atoms with van der Waals surface area (Å²) < 4.78 is -1.67. The van der Waals surface area contributed by atoms with Crippen LogP contribution in [0.1, 0.15) is 84.0 Å². The van der Waals surface area contributed by atoms with E-state index in [0.717, 1.165) is 12.8 Å². The second-order valence-corrected chi connectivity index (χ2v) is 10.3. The molecule has 0 spiro atoms. The largest absolute Gasteiger partial charge is 0.362 e. The molecule has 1 aromatic rings. The topological polar surface area (TPSA) is 41.1 Å². The van der Waals surface area contributed by atoms with E-state index in [-0.39, 0.29) is 5.91 Å². The Morgan fingerprint density at radius 1 is 0.862 bits per heavy atom. The molecule has 0 bridgehead atoms. The highest BCUT2D eigenvalue weighted by molar-refractivity contribution is 6.68. The Hall–Kier alpha value is -0.350. The molecule has 7 heteroatoms. The molecular weight excluding hydrogens is 450 g/mol. The maximum atomic E-state index is 12.3. The number of benzene rings is 1. The molecule has 0 radical (unpaired) electrons. The molecule has 0 aliphatic carbocycles. The van der Waals surface area contributed by atoms with Gasteiger partial charge in [-0.2, -0.15) is 0 Å². The van der Waals surface area contributed by atoms with E-state index in [9.17, 15) is 4.79 Å². The molecular formula is C22H34Cl4N2O. The number of nitrogens with one attached hydrogen (secondary N) is 2. The van der Waals surface area contributed by atoms with Crippen LogP contribution in [-0.2, 0) is 4.79 Å². The number of hydrogen-bond acceptors (Lipinski definition) is 2. The third-order valence-corrected chi connectivity index (χ3v) is 5.70. The summed E-state index contributed by atoms with van der Waals surface area (Å²) in [5.74, 6) is -0.126. The lowest BCUT2D eigenvalue weighted by Gasteiger charge is -2.27. The van der Waals surface area contributed by atoms with Crippen LogP contribution in [0.15, 0.2) is 24.3 Å². The van der Waals surface area contributed by atoms with E-state index in [0.29, 0.717) is 17.1 Å². The van der Waals surface area contributed by atoms with Crippen molar-refractivity contribution < 1.29 is 4.79 Å². The normalized spacial score (nSPS) is 12.6. The van der Waals surface area contributed by atoms with Crippen LogP contribution in [0.5, 0.6) is 0 Å². The van der Waals surface area contributed by atoms with Crippen molar-refractivity contribution in [1.29, 1.82) is 0 Å². The van der Waals surface area contributed by atoms with E-state index in [4.69, 9.17) is 46.4 Å². The zero-order chi connectivity index (χ0) is 21.5. The molecule has 0 aliphatic heterocycles. The van der Waals surface area contributed by atoms with Crippen molar-refractivity contribution in [1.82, 2.24) is 5.32 Å². The van der Waals surface area contributed by atoms with E-state index in [1.54, 1.807) is 24.3 Å². The van der Waals surface area contributed by atoms with Gasteiger partial charge in [-0.25, -0.2) is 0 Å². The van der Waals surface area contributed by atoms with E-state index >= 15 is 0 Å². The molecule has 166 valence electrons.